The van der Waals surface area contributed by atoms with Gasteiger partial charge in [0.25, 0.3) is 5.69 Å². The van der Waals surface area contributed by atoms with Gasteiger partial charge in [-0.2, -0.15) is 10.5 Å². The van der Waals surface area contributed by atoms with E-state index in [0.717, 1.165) is 5.56 Å². The molecule has 2 aromatic rings. The van der Waals surface area contributed by atoms with Crippen molar-refractivity contribution in [2.45, 2.75) is 26.2 Å². The molecular formula is C14H14ClN7O2. The number of halogens is 1. The van der Waals surface area contributed by atoms with Gasteiger partial charge in [0.15, 0.2) is 0 Å². The lowest BCUT2D eigenvalue weighted by atomic mass is 9.86. The second-order valence-electron chi connectivity index (χ2n) is 5.91. The van der Waals surface area contributed by atoms with Crippen molar-refractivity contribution < 1.29 is 4.92 Å². The van der Waals surface area contributed by atoms with Gasteiger partial charge < -0.3 is 5.32 Å². The molecule has 0 fully saturated rings. The number of benzene rings is 1. The van der Waals surface area contributed by atoms with E-state index in [4.69, 9.17) is 16.9 Å². The quantitative estimate of drug-likeness (QED) is 0.493. The summed E-state index contributed by atoms with van der Waals surface area (Å²) < 4.78 is 0. The lowest BCUT2D eigenvalue weighted by molar-refractivity contribution is -0.384. The van der Waals surface area contributed by atoms with Crippen molar-refractivity contribution in [3.05, 3.63) is 44.9 Å². The number of tetrazole rings is 1. The van der Waals surface area contributed by atoms with Crippen LogP contribution in [0.2, 0.25) is 5.02 Å². The van der Waals surface area contributed by atoms with Gasteiger partial charge in [-0.25, -0.2) is 0 Å². The summed E-state index contributed by atoms with van der Waals surface area (Å²) in [6, 6.07) is 5.00. The van der Waals surface area contributed by atoms with Crippen molar-refractivity contribution in [3.63, 3.8) is 0 Å². The van der Waals surface area contributed by atoms with E-state index in [0.29, 0.717) is 0 Å². The van der Waals surface area contributed by atoms with E-state index in [1.54, 1.807) is 6.07 Å². The molecule has 0 aliphatic carbocycles. The van der Waals surface area contributed by atoms with Crippen LogP contribution >= 0.6 is 11.6 Å². The Balaban J connectivity index is 2.47. The van der Waals surface area contributed by atoms with E-state index in [2.05, 4.69) is 25.9 Å². The monoisotopic (exact) mass is 347 g/mol. The first-order chi connectivity index (χ1) is 11.2. The Bertz CT molecular complexity index is 832. The third-order valence-electron chi connectivity index (χ3n) is 3.20. The van der Waals surface area contributed by atoms with Crippen LogP contribution < -0.4 is 5.32 Å². The zero-order valence-corrected chi connectivity index (χ0v) is 13.9. The summed E-state index contributed by atoms with van der Waals surface area (Å²) in [6.07, 6.45) is 1.25. The summed E-state index contributed by atoms with van der Waals surface area (Å²) in [7, 11) is 0. The molecule has 0 aliphatic heterocycles. The molecule has 0 atom stereocenters. The van der Waals surface area contributed by atoms with Crippen molar-refractivity contribution in [2.75, 3.05) is 5.32 Å². The van der Waals surface area contributed by atoms with Crippen LogP contribution in [0.1, 0.15) is 32.2 Å². The minimum Gasteiger partial charge on any atom is -0.353 e. The zero-order valence-electron chi connectivity index (χ0n) is 13.2. The van der Waals surface area contributed by atoms with E-state index < -0.39 is 4.92 Å². The predicted octanol–water partition coefficient (Wildman–Crippen LogP) is 3.04. The van der Waals surface area contributed by atoms with E-state index in [9.17, 15) is 10.1 Å². The molecule has 0 saturated heterocycles. The van der Waals surface area contributed by atoms with E-state index in [-0.39, 0.29) is 33.2 Å². The highest BCUT2D eigenvalue weighted by Gasteiger charge is 2.24. The Labute approximate surface area is 142 Å². The Morgan fingerprint density at radius 2 is 2.21 bits per heavy atom. The van der Waals surface area contributed by atoms with Gasteiger partial charge in [0, 0.05) is 12.3 Å². The Morgan fingerprint density at radius 3 is 2.71 bits per heavy atom. The number of nitrogens with one attached hydrogen (secondary N) is 2. The third-order valence-corrected chi connectivity index (χ3v) is 3.50. The van der Waals surface area contributed by atoms with Crippen LogP contribution in [0.3, 0.4) is 0 Å². The second kappa shape index (κ2) is 6.64. The van der Waals surface area contributed by atoms with Crippen LogP contribution in [0.25, 0.3) is 5.57 Å². The van der Waals surface area contributed by atoms with Crippen molar-refractivity contribution in [1.29, 1.82) is 5.26 Å². The van der Waals surface area contributed by atoms with Crippen molar-refractivity contribution in [3.8, 4) is 6.07 Å². The standard InChI is InChI=1S/C14H14ClN7O2/c1-14(2,3)9-4-10(15)12(11(5-9)22(23)24)17-7-8(6-16)13-18-20-21-19-13/h4-5,7,17H,1-3H3,(H,18,19,20,21). The van der Waals surface area contributed by atoms with Crippen LogP contribution in [0.5, 0.6) is 0 Å². The zero-order chi connectivity index (χ0) is 17.9. The number of anilines is 1. The molecule has 0 saturated carbocycles. The molecule has 0 bridgehead atoms. The summed E-state index contributed by atoms with van der Waals surface area (Å²) >= 11 is 6.21. The molecule has 2 N–H and O–H groups in total. The number of H-pyrrole nitrogens is 1. The minimum absolute atomic E-state index is 0.0500. The fourth-order valence-electron chi connectivity index (χ4n) is 1.88. The number of hydrogen-bond acceptors (Lipinski definition) is 7. The highest BCUT2D eigenvalue weighted by Crippen LogP contribution is 2.37. The van der Waals surface area contributed by atoms with Crippen LogP contribution in [0, 0.1) is 21.4 Å². The number of rotatable bonds is 4. The number of nitriles is 1. The first kappa shape index (κ1) is 17.4. The summed E-state index contributed by atoms with van der Waals surface area (Å²) in [6.45, 7) is 5.79. The fraction of sp³-hybridized carbons (Fsp3) is 0.286. The smallest absolute Gasteiger partial charge is 0.294 e. The molecule has 2 rings (SSSR count). The van der Waals surface area contributed by atoms with Gasteiger partial charge in [-0.1, -0.05) is 32.4 Å². The van der Waals surface area contributed by atoms with Crippen molar-refractivity contribution in [2.24, 2.45) is 0 Å². The fourth-order valence-corrected chi connectivity index (χ4v) is 2.15. The number of nitro benzene ring substituents is 1. The molecular weight excluding hydrogens is 334 g/mol. The summed E-state index contributed by atoms with van der Waals surface area (Å²) in [5, 5.41) is 36.3. The SMILES string of the molecule is CC(C)(C)c1cc(Cl)c(NC=C(C#N)c2nn[nH]n2)c([N+](=O)[O-])c1. The molecule has 0 unspecified atom stereocenters. The Morgan fingerprint density at radius 1 is 1.50 bits per heavy atom. The first-order valence-electron chi connectivity index (χ1n) is 6.83. The number of aromatic nitrogens is 4. The highest BCUT2D eigenvalue weighted by atomic mass is 35.5. The molecule has 1 heterocycles. The van der Waals surface area contributed by atoms with E-state index in [1.165, 1.54) is 12.3 Å². The molecule has 1 aromatic heterocycles. The Hall–Kier alpha value is -2.99. The third kappa shape index (κ3) is 3.67. The van der Waals surface area contributed by atoms with Gasteiger partial charge in [0.05, 0.1) is 9.95 Å². The average molecular weight is 348 g/mol. The molecule has 9 nitrogen and oxygen atoms in total. The van der Waals surface area contributed by atoms with Crippen LogP contribution in [-0.4, -0.2) is 25.5 Å². The lowest BCUT2D eigenvalue weighted by Gasteiger charge is -2.20. The maximum Gasteiger partial charge on any atom is 0.294 e. The molecule has 24 heavy (non-hydrogen) atoms. The van der Waals surface area contributed by atoms with Crippen LogP contribution in [-0.2, 0) is 5.41 Å². The van der Waals surface area contributed by atoms with E-state index >= 15 is 0 Å². The number of allylic oxidation sites excluding steroid dienone is 1. The lowest BCUT2D eigenvalue weighted by Crippen LogP contribution is -2.12. The summed E-state index contributed by atoms with van der Waals surface area (Å²) in [5.74, 6) is 0.0649. The number of nitro groups is 1. The largest absolute Gasteiger partial charge is 0.353 e. The molecule has 0 amide bonds. The minimum atomic E-state index is -0.530. The summed E-state index contributed by atoms with van der Waals surface area (Å²) in [5.41, 5.74) is 0.381. The molecule has 1 aromatic carbocycles. The van der Waals surface area contributed by atoms with Crippen LogP contribution in [0.4, 0.5) is 11.4 Å². The maximum absolute atomic E-state index is 11.4. The molecule has 124 valence electrons. The molecule has 10 heteroatoms. The molecule has 0 aliphatic rings. The van der Waals surface area contributed by atoms with Gasteiger partial charge in [-0.3, -0.25) is 10.1 Å². The highest BCUT2D eigenvalue weighted by molar-refractivity contribution is 6.34. The first-order valence-corrected chi connectivity index (χ1v) is 7.21. The van der Waals surface area contributed by atoms with Crippen LogP contribution in [0.15, 0.2) is 18.3 Å². The van der Waals surface area contributed by atoms with Gasteiger partial charge in [0.2, 0.25) is 5.82 Å². The predicted molar refractivity (Wildman–Crippen MR) is 88.2 cm³/mol. The van der Waals surface area contributed by atoms with E-state index in [1.807, 2.05) is 26.8 Å². The van der Waals surface area contributed by atoms with Gasteiger partial charge in [-0.15, -0.1) is 10.2 Å². The van der Waals surface area contributed by atoms with Gasteiger partial charge >= 0.3 is 0 Å². The second-order valence-corrected chi connectivity index (χ2v) is 6.32. The maximum atomic E-state index is 11.4. The number of nitrogens with zero attached hydrogens (tertiary/aromatic N) is 5. The Kier molecular flexibility index (Phi) is 4.80. The molecule has 0 spiro atoms. The number of aromatic amines is 1. The number of hydrogen-bond donors (Lipinski definition) is 2. The van der Waals surface area contributed by atoms with Gasteiger partial charge in [0.1, 0.15) is 17.3 Å². The van der Waals surface area contributed by atoms with Crippen molar-refractivity contribution in [1.82, 2.24) is 20.6 Å². The summed E-state index contributed by atoms with van der Waals surface area (Å²) in [4.78, 5) is 10.8. The normalized spacial score (nSPS) is 11.9. The molecule has 0 radical (unpaired) electrons. The van der Waals surface area contributed by atoms with Gasteiger partial charge in [-0.05, 0) is 22.3 Å². The average Bonchev–Trinajstić information content (AvgIpc) is 3.01. The van der Waals surface area contributed by atoms with Crippen molar-refractivity contribution >= 4 is 28.5 Å². The topological polar surface area (TPSA) is 133 Å².